The van der Waals surface area contributed by atoms with Crippen LogP contribution < -0.4 is 0 Å². The van der Waals surface area contributed by atoms with E-state index >= 15 is 0 Å². The molecule has 0 aliphatic carbocycles. The van der Waals surface area contributed by atoms with Gasteiger partial charge < -0.3 is 10.2 Å². The Balaban J connectivity index is 3.15. The van der Waals surface area contributed by atoms with Crippen LogP contribution >= 0.6 is 0 Å². The van der Waals surface area contributed by atoms with E-state index in [1.54, 1.807) is 0 Å². The molecule has 0 aliphatic heterocycles. The summed E-state index contributed by atoms with van der Waals surface area (Å²) in [6.07, 6.45) is 0.719. The third-order valence-electron chi connectivity index (χ3n) is 1.78. The lowest BCUT2D eigenvalue weighted by molar-refractivity contribution is -0.136. The Labute approximate surface area is 86.9 Å². The van der Waals surface area contributed by atoms with Gasteiger partial charge in [-0.15, -0.1) is 0 Å². The van der Waals surface area contributed by atoms with Crippen molar-refractivity contribution < 1.29 is 23.4 Å². The van der Waals surface area contributed by atoms with E-state index in [2.05, 4.69) is 0 Å². The molecule has 0 aliphatic rings. The maximum absolute atomic E-state index is 11.1. The van der Waals surface area contributed by atoms with Crippen molar-refractivity contribution in [1.82, 2.24) is 0 Å². The minimum Gasteiger partial charge on any atom is -0.507 e. The summed E-state index contributed by atoms with van der Waals surface area (Å²) >= 11 is 0. The molecule has 0 fully saturated rings. The fraction of sp³-hybridized carbons (Fsp3) is 0.222. The quantitative estimate of drug-likeness (QED) is 0.785. The molecular weight excluding hydrogens is 220 g/mol. The molecule has 15 heavy (non-hydrogen) atoms. The van der Waals surface area contributed by atoms with Gasteiger partial charge in [0.05, 0.1) is 6.42 Å². The number of aromatic hydroxyl groups is 1. The van der Waals surface area contributed by atoms with Crippen LogP contribution in [0, 0.1) is 0 Å². The van der Waals surface area contributed by atoms with Crippen LogP contribution in [-0.2, 0) is 21.1 Å². The molecule has 5 nitrogen and oxygen atoms in total. The van der Waals surface area contributed by atoms with Crippen LogP contribution in [0.15, 0.2) is 23.1 Å². The molecule has 0 radical (unpaired) electrons. The van der Waals surface area contributed by atoms with E-state index in [1.807, 2.05) is 0 Å². The zero-order chi connectivity index (χ0) is 11.6. The van der Waals surface area contributed by atoms with Crippen LogP contribution in [-0.4, -0.2) is 30.9 Å². The van der Waals surface area contributed by atoms with Gasteiger partial charge in [0.25, 0.3) is 0 Å². The summed E-state index contributed by atoms with van der Waals surface area (Å²) in [5.74, 6) is -1.46. The Morgan fingerprint density at radius 1 is 1.40 bits per heavy atom. The van der Waals surface area contributed by atoms with E-state index in [4.69, 9.17) is 5.11 Å². The fourth-order valence-electron chi connectivity index (χ4n) is 1.16. The number of sulfone groups is 1. The highest BCUT2D eigenvalue weighted by atomic mass is 32.2. The summed E-state index contributed by atoms with van der Waals surface area (Å²) in [6.45, 7) is 0. The molecule has 1 rings (SSSR count). The van der Waals surface area contributed by atoms with Crippen molar-refractivity contribution in [2.24, 2.45) is 0 Å². The van der Waals surface area contributed by atoms with E-state index in [-0.39, 0.29) is 11.3 Å². The standard InChI is InChI=1S/C9H10O5S/c1-15(13,14)8-3-2-6(4-7(8)10)5-9(11)12/h2-4,10H,5H2,1H3,(H,11,12). The normalized spacial score (nSPS) is 11.3. The summed E-state index contributed by atoms with van der Waals surface area (Å²) in [7, 11) is -3.48. The van der Waals surface area contributed by atoms with Crippen molar-refractivity contribution >= 4 is 15.8 Å². The summed E-state index contributed by atoms with van der Waals surface area (Å²) < 4.78 is 22.2. The lowest BCUT2D eigenvalue weighted by atomic mass is 10.1. The Morgan fingerprint density at radius 2 is 2.00 bits per heavy atom. The van der Waals surface area contributed by atoms with E-state index in [1.165, 1.54) is 12.1 Å². The molecule has 0 unspecified atom stereocenters. The van der Waals surface area contributed by atoms with E-state index in [9.17, 15) is 18.3 Å². The Morgan fingerprint density at radius 3 is 2.40 bits per heavy atom. The minimum atomic E-state index is -3.48. The fourth-order valence-corrected chi connectivity index (χ4v) is 1.92. The molecule has 1 aromatic carbocycles. The molecule has 0 saturated carbocycles. The summed E-state index contributed by atoms with van der Waals surface area (Å²) in [4.78, 5) is 10.2. The van der Waals surface area contributed by atoms with Crippen LogP contribution in [0.5, 0.6) is 5.75 Å². The molecule has 0 aromatic heterocycles. The van der Waals surface area contributed by atoms with Crippen LogP contribution in [0.4, 0.5) is 0 Å². The number of aliphatic carboxylic acids is 1. The van der Waals surface area contributed by atoms with Gasteiger partial charge in [0.15, 0.2) is 9.84 Å². The van der Waals surface area contributed by atoms with Gasteiger partial charge in [-0.25, -0.2) is 8.42 Å². The number of carboxylic acids is 1. The van der Waals surface area contributed by atoms with Crippen molar-refractivity contribution in [2.75, 3.05) is 6.26 Å². The zero-order valence-electron chi connectivity index (χ0n) is 7.97. The highest BCUT2D eigenvalue weighted by Gasteiger charge is 2.13. The molecular formula is C9H10O5S. The van der Waals surface area contributed by atoms with Crippen LogP contribution in [0.2, 0.25) is 0 Å². The molecule has 0 bridgehead atoms. The van der Waals surface area contributed by atoms with Gasteiger partial charge in [-0.3, -0.25) is 4.79 Å². The summed E-state index contributed by atoms with van der Waals surface area (Å²) in [6, 6.07) is 3.71. The number of hydrogen-bond donors (Lipinski definition) is 2. The van der Waals surface area contributed by atoms with Crippen LogP contribution in [0.3, 0.4) is 0 Å². The number of phenolic OH excluding ortho intramolecular Hbond substituents is 1. The molecule has 0 saturated heterocycles. The smallest absolute Gasteiger partial charge is 0.307 e. The van der Waals surface area contributed by atoms with Crippen molar-refractivity contribution in [3.05, 3.63) is 23.8 Å². The first kappa shape index (κ1) is 11.5. The molecule has 0 atom stereocenters. The lowest BCUT2D eigenvalue weighted by Crippen LogP contribution is -2.02. The van der Waals surface area contributed by atoms with Crippen LogP contribution in [0.1, 0.15) is 5.56 Å². The first-order valence-electron chi connectivity index (χ1n) is 4.04. The highest BCUT2D eigenvalue weighted by molar-refractivity contribution is 7.90. The summed E-state index contributed by atoms with van der Waals surface area (Å²) in [5.41, 5.74) is 0.354. The van der Waals surface area contributed by atoms with E-state index in [0.29, 0.717) is 5.56 Å². The highest BCUT2D eigenvalue weighted by Crippen LogP contribution is 2.23. The number of hydrogen-bond acceptors (Lipinski definition) is 4. The number of phenols is 1. The van der Waals surface area contributed by atoms with Gasteiger partial charge in [-0.05, 0) is 17.7 Å². The lowest BCUT2D eigenvalue weighted by Gasteiger charge is -2.03. The van der Waals surface area contributed by atoms with Crippen molar-refractivity contribution in [3.8, 4) is 5.75 Å². The van der Waals surface area contributed by atoms with Crippen molar-refractivity contribution in [2.45, 2.75) is 11.3 Å². The predicted octanol–water partition coefficient (Wildman–Crippen LogP) is 0.423. The van der Waals surface area contributed by atoms with Gasteiger partial charge in [0.1, 0.15) is 10.6 Å². The average molecular weight is 230 g/mol. The number of carboxylic acid groups (broad SMARTS) is 1. The Hall–Kier alpha value is -1.56. The van der Waals surface area contributed by atoms with Gasteiger partial charge in [0.2, 0.25) is 0 Å². The first-order chi connectivity index (χ1) is 6.80. The molecule has 0 heterocycles. The SMILES string of the molecule is CS(=O)(=O)c1ccc(CC(=O)O)cc1O. The first-order valence-corrected chi connectivity index (χ1v) is 5.93. The topological polar surface area (TPSA) is 91.7 Å². The molecule has 82 valence electrons. The maximum Gasteiger partial charge on any atom is 0.307 e. The van der Waals surface area contributed by atoms with Crippen molar-refractivity contribution in [3.63, 3.8) is 0 Å². The number of carbonyl (C=O) groups is 1. The zero-order valence-corrected chi connectivity index (χ0v) is 8.78. The molecule has 6 heteroatoms. The molecule has 0 amide bonds. The molecule has 0 spiro atoms. The average Bonchev–Trinajstić information content (AvgIpc) is 1.99. The monoisotopic (exact) mass is 230 g/mol. The van der Waals surface area contributed by atoms with E-state index in [0.717, 1.165) is 12.3 Å². The Bertz CT molecular complexity index is 489. The van der Waals surface area contributed by atoms with E-state index < -0.39 is 21.6 Å². The predicted molar refractivity (Wildman–Crippen MR) is 52.6 cm³/mol. The second-order valence-electron chi connectivity index (χ2n) is 3.14. The van der Waals surface area contributed by atoms with Crippen molar-refractivity contribution in [1.29, 1.82) is 0 Å². The molecule has 2 N–H and O–H groups in total. The second kappa shape index (κ2) is 3.90. The second-order valence-corrected chi connectivity index (χ2v) is 5.13. The van der Waals surface area contributed by atoms with Gasteiger partial charge >= 0.3 is 5.97 Å². The largest absolute Gasteiger partial charge is 0.507 e. The minimum absolute atomic E-state index is 0.198. The van der Waals surface area contributed by atoms with Gasteiger partial charge in [-0.2, -0.15) is 0 Å². The Kier molecular flexibility index (Phi) is 2.99. The maximum atomic E-state index is 11.1. The third-order valence-corrected chi connectivity index (χ3v) is 2.92. The van der Waals surface area contributed by atoms with Crippen LogP contribution in [0.25, 0.3) is 0 Å². The molecule has 1 aromatic rings. The number of benzene rings is 1. The number of rotatable bonds is 3. The van der Waals surface area contributed by atoms with Gasteiger partial charge in [0, 0.05) is 6.26 Å². The third kappa shape index (κ3) is 2.95. The summed E-state index contributed by atoms with van der Waals surface area (Å²) in [5, 5.41) is 17.9. The van der Waals surface area contributed by atoms with Gasteiger partial charge in [-0.1, -0.05) is 6.07 Å².